The molecule has 2 amide bonds. The number of nitrogens with one attached hydrogen (secondary N) is 1. The van der Waals surface area contributed by atoms with Gasteiger partial charge in [0.1, 0.15) is 5.82 Å². The van der Waals surface area contributed by atoms with Crippen LogP contribution in [0.2, 0.25) is 0 Å². The third kappa shape index (κ3) is 5.36. The lowest BCUT2D eigenvalue weighted by Crippen LogP contribution is -2.45. The molecule has 3 heterocycles. The first-order valence-corrected chi connectivity index (χ1v) is 10.5. The van der Waals surface area contributed by atoms with E-state index < -0.39 is 0 Å². The highest BCUT2D eigenvalue weighted by atomic mass is 16.5. The first kappa shape index (κ1) is 20.4. The zero-order chi connectivity index (χ0) is 19.9. The lowest BCUT2D eigenvalue weighted by Gasteiger charge is -2.31. The summed E-state index contributed by atoms with van der Waals surface area (Å²) in [5.41, 5.74) is 0.990. The summed E-state index contributed by atoms with van der Waals surface area (Å²) in [5, 5.41) is 2.96. The molecular weight excluding hydrogens is 356 g/mol. The predicted molar refractivity (Wildman–Crippen MR) is 108 cm³/mol. The number of anilines is 1. The Labute approximate surface area is 167 Å². The monoisotopic (exact) mass is 388 g/mol. The van der Waals surface area contributed by atoms with Gasteiger partial charge in [-0.25, -0.2) is 9.78 Å². The second-order valence-corrected chi connectivity index (χ2v) is 7.87. The van der Waals surface area contributed by atoms with E-state index in [4.69, 9.17) is 4.74 Å². The summed E-state index contributed by atoms with van der Waals surface area (Å²) in [6.45, 7) is 8.27. The van der Waals surface area contributed by atoms with Crippen LogP contribution in [-0.4, -0.2) is 54.7 Å². The number of rotatable bonds is 5. The lowest BCUT2D eigenvalue weighted by molar-refractivity contribution is -0.149. The maximum absolute atomic E-state index is 12.4. The van der Waals surface area contributed by atoms with Crippen LogP contribution < -0.4 is 10.2 Å². The molecule has 28 heavy (non-hydrogen) atoms. The van der Waals surface area contributed by atoms with Crippen molar-refractivity contribution in [1.82, 2.24) is 15.2 Å². The molecule has 0 aliphatic carbocycles. The van der Waals surface area contributed by atoms with E-state index in [1.54, 1.807) is 4.90 Å². The van der Waals surface area contributed by atoms with Gasteiger partial charge in [0.2, 0.25) is 0 Å². The van der Waals surface area contributed by atoms with Crippen LogP contribution in [0.5, 0.6) is 0 Å². The van der Waals surface area contributed by atoms with E-state index in [1.807, 2.05) is 25.3 Å². The maximum atomic E-state index is 12.4. The zero-order valence-electron chi connectivity index (χ0n) is 17.0. The minimum atomic E-state index is -0.142. The maximum Gasteiger partial charge on any atom is 0.317 e. The molecule has 1 aromatic heterocycles. The van der Waals surface area contributed by atoms with Crippen LogP contribution in [0.25, 0.3) is 0 Å². The molecule has 0 saturated carbocycles. The molecule has 2 aliphatic rings. The quantitative estimate of drug-likeness (QED) is 0.785. The Morgan fingerprint density at radius 2 is 1.86 bits per heavy atom. The summed E-state index contributed by atoms with van der Waals surface area (Å²) in [4.78, 5) is 32.9. The van der Waals surface area contributed by atoms with Crippen molar-refractivity contribution >= 4 is 17.8 Å². The summed E-state index contributed by atoms with van der Waals surface area (Å²) in [6, 6.07) is 3.99. The van der Waals surface area contributed by atoms with Gasteiger partial charge in [0.05, 0.1) is 12.5 Å². The molecule has 7 nitrogen and oxygen atoms in total. The average molecular weight is 389 g/mol. The van der Waals surface area contributed by atoms with E-state index in [1.165, 1.54) is 12.8 Å². The van der Waals surface area contributed by atoms with Crippen LogP contribution in [0, 0.1) is 11.8 Å². The number of hydrogen-bond donors (Lipinski definition) is 1. The van der Waals surface area contributed by atoms with Crippen molar-refractivity contribution in [1.29, 1.82) is 0 Å². The largest absolute Gasteiger partial charge is 0.466 e. The van der Waals surface area contributed by atoms with Gasteiger partial charge in [-0.15, -0.1) is 0 Å². The number of pyridine rings is 1. The van der Waals surface area contributed by atoms with Gasteiger partial charge in [-0.2, -0.15) is 0 Å². The van der Waals surface area contributed by atoms with Gasteiger partial charge in [-0.3, -0.25) is 4.79 Å². The van der Waals surface area contributed by atoms with Crippen molar-refractivity contribution < 1.29 is 14.3 Å². The minimum Gasteiger partial charge on any atom is -0.466 e. The number of piperidine rings is 2. The van der Waals surface area contributed by atoms with Crippen molar-refractivity contribution in [3.8, 4) is 0 Å². The number of hydrogen-bond acceptors (Lipinski definition) is 5. The van der Waals surface area contributed by atoms with Crippen LogP contribution >= 0.6 is 0 Å². The van der Waals surface area contributed by atoms with E-state index in [-0.39, 0.29) is 17.9 Å². The summed E-state index contributed by atoms with van der Waals surface area (Å²) in [5.74, 6) is 1.59. The number of ether oxygens (including phenoxy) is 1. The Kier molecular flexibility index (Phi) is 7.12. The third-order valence-electron chi connectivity index (χ3n) is 5.76. The van der Waals surface area contributed by atoms with Gasteiger partial charge in [-0.1, -0.05) is 13.0 Å². The highest BCUT2D eigenvalue weighted by Gasteiger charge is 2.28. The van der Waals surface area contributed by atoms with Gasteiger partial charge in [0.25, 0.3) is 0 Å². The van der Waals surface area contributed by atoms with Gasteiger partial charge in [0.15, 0.2) is 0 Å². The average Bonchev–Trinajstić information content (AvgIpc) is 2.73. The Bertz CT molecular complexity index is 648. The van der Waals surface area contributed by atoms with E-state index in [2.05, 4.69) is 22.1 Å². The molecule has 0 radical (unpaired) electrons. The van der Waals surface area contributed by atoms with Crippen LogP contribution in [0.15, 0.2) is 18.3 Å². The zero-order valence-corrected chi connectivity index (χ0v) is 17.0. The first-order valence-electron chi connectivity index (χ1n) is 10.5. The molecule has 154 valence electrons. The number of esters is 1. The van der Waals surface area contributed by atoms with Crippen molar-refractivity contribution in [2.75, 3.05) is 37.7 Å². The number of likely N-dealkylation sites (tertiary alicyclic amines) is 1. The van der Waals surface area contributed by atoms with E-state index in [9.17, 15) is 9.59 Å². The summed E-state index contributed by atoms with van der Waals surface area (Å²) >= 11 is 0. The standard InChI is InChI=1S/C21H32N4O3/c1-3-28-20(26)18-8-12-25(13-9-18)21(27)23-15-17-4-5-19(22-14-17)24-10-6-16(2)7-11-24/h4-5,14,16,18H,3,6-13,15H2,1-2H3,(H,23,27). The molecule has 1 N–H and O–H groups in total. The molecular formula is C21H32N4O3. The van der Waals surface area contributed by atoms with Crippen LogP contribution in [-0.2, 0) is 16.1 Å². The molecule has 3 rings (SSSR count). The van der Waals surface area contributed by atoms with Crippen LogP contribution in [0.3, 0.4) is 0 Å². The Balaban J connectivity index is 1.42. The van der Waals surface area contributed by atoms with Gasteiger partial charge in [0, 0.05) is 38.9 Å². The number of urea groups is 1. The van der Waals surface area contributed by atoms with Gasteiger partial charge >= 0.3 is 12.0 Å². The molecule has 2 aliphatic heterocycles. The molecule has 1 aromatic rings. The summed E-state index contributed by atoms with van der Waals surface area (Å²) < 4.78 is 5.07. The number of aromatic nitrogens is 1. The molecule has 2 fully saturated rings. The lowest BCUT2D eigenvalue weighted by atomic mass is 9.97. The number of carbonyl (C=O) groups is 2. The second kappa shape index (κ2) is 9.75. The minimum absolute atomic E-state index is 0.0847. The van der Waals surface area contributed by atoms with E-state index in [0.29, 0.717) is 39.1 Å². The van der Waals surface area contributed by atoms with E-state index >= 15 is 0 Å². The van der Waals surface area contributed by atoms with Gasteiger partial charge in [-0.05, 0) is 50.2 Å². The molecule has 2 saturated heterocycles. The molecule has 7 heteroatoms. The predicted octanol–water partition coefficient (Wildman–Crippen LogP) is 2.80. The SMILES string of the molecule is CCOC(=O)C1CCN(C(=O)NCc2ccc(N3CCC(C)CC3)nc2)CC1. The van der Waals surface area contributed by atoms with E-state index in [0.717, 1.165) is 30.4 Å². The summed E-state index contributed by atoms with van der Waals surface area (Å²) in [7, 11) is 0. The normalized spacial score (nSPS) is 18.8. The Morgan fingerprint density at radius 1 is 1.14 bits per heavy atom. The fourth-order valence-corrected chi connectivity index (χ4v) is 3.81. The number of carbonyl (C=O) groups excluding carboxylic acids is 2. The van der Waals surface area contributed by atoms with Crippen molar-refractivity contribution in [2.24, 2.45) is 11.8 Å². The van der Waals surface area contributed by atoms with Gasteiger partial charge < -0.3 is 19.9 Å². The second-order valence-electron chi connectivity index (χ2n) is 7.87. The highest BCUT2D eigenvalue weighted by Crippen LogP contribution is 2.21. The summed E-state index contributed by atoms with van der Waals surface area (Å²) in [6.07, 6.45) is 5.60. The van der Waals surface area contributed by atoms with Crippen molar-refractivity contribution in [2.45, 2.75) is 46.1 Å². The van der Waals surface area contributed by atoms with Crippen molar-refractivity contribution in [3.63, 3.8) is 0 Å². The fourth-order valence-electron chi connectivity index (χ4n) is 3.81. The third-order valence-corrected chi connectivity index (χ3v) is 5.76. The highest BCUT2D eigenvalue weighted by molar-refractivity contribution is 5.76. The Morgan fingerprint density at radius 3 is 2.46 bits per heavy atom. The molecule has 0 atom stereocenters. The fraction of sp³-hybridized carbons (Fsp3) is 0.667. The number of nitrogens with zero attached hydrogens (tertiary/aromatic N) is 3. The first-order chi connectivity index (χ1) is 13.6. The molecule has 0 aromatic carbocycles. The number of amides is 2. The van der Waals surface area contributed by atoms with Crippen LogP contribution in [0.4, 0.5) is 10.6 Å². The smallest absolute Gasteiger partial charge is 0.317 e. The molecule has 0 spiro atoms. The molecule has 0 bridgehead atoms. The van der Waals surface area contributed by atoms with Crippen molar-refractivity contribution in [3.05, 3.63) is 23.9 Å². The van der Waals surface area contributed by atoms with Crippen LogP contribution in [0.1, 0.15) is 45.1 Å². The topological polar surface area (TPSA) is 74.8 Å². The molecule has 0 unspecified atom stereocenters. The Hall–Kier alpha value is -2.31.